The van der Waals surface area contributed by atoms with E-state index in [1.807, 2.05) is 30.5 Å². The minimum absolute atomic E-state index is 0.00900. The summed E-state index contributed by atoms with van der Waals surface area (Å²) in [5, 5.41) is 27.3. The third-order valence-corrected chi connectivity index (χ3v) is 6.85. The molecule has 8 N–H and O–H groups in total. The van der Waals surface area contributed by atoms with Crippen LogP contribution in [0.2, 0.25) is 0 Å². The van der Waals surface area contributed by atoms with Crippen molar-refractivity contribution in [1.82, 2.24) is 20.9 Å². The molecule has 2 aromatic rings. The number of carboxylic acid groups (broad SMARTS) is 2. The first-order valence-electron chi connectivity index (χ1n) is 12.6. The predicted octanol–water partition coefficient (Wildman–Crippen LogP) is 0.851. The van der Waals surface area contributed by atoms with Crippen LogP contribution in [0.1, 0.15) is 38.7 Å². The van der Waals surface area contributed by atoms with Gasteiger partial charge in [0.25, 0.3) is 0 Å². The van der Waals surface area contributed by atoms with Crippen LogP contribution in [-0.4, -0.2) is 81.0 Å². The highest BCUT2D eigenvalue weighted by Gasteiger charge is 2.32. The number of carboxylic acids is 2. The van der Waals surface area contributed by atoms with Crippen LogP contribution in [0.4, 0.5) is 0 Å². The van der Waals surface area contributed by atoms with E-state index >= 15 is 0 Å². The number of nitrogens with one attached hydrogen (secondary N) is 4. The first-order chi connectivity index (χ1) is 18.4. The van der Waals surface area contributed by atoms with Crippen LogP contribution in [0.25, 0.3) is 10.9 Å². The molecule has 0 bridgehead atoms. The summed E-state index contributed by atoms with van der Waals surface area (Å²) in [4.78, 5) is 65.0. The first-order valence-corrected chi connectivity index (χ1v) is 14.0. The molecule has 39 heavy (non-hydrogen) atoms. The number of amides is 3. The van der Waals surface area contributed by atoms with Crippen molar-refractivity contribution in [3.63, 3.8) is 0 Å². The largest absolute Gasteiger partial charge is 0.481 e. The molecule has 0 saturated carbocycles. The van der Waals surface area contributed by atoms with Gasteiger partial charge in [0.15, 0.2) is 0 Å². The van der Waals surface area contributed by atoms with Crippen molar-refractivity contribution in [2.24, 2.45) is 11.7 Å². The summed E-state index contributed by atoms with van der Waals surface area (Å²) in [7, 11) is 0. The number of benzene rings is 1. The number of aromatic nitrogens is 1. The van der Waals surface area contributed by atoms with E-state index in [1.165, 1.54) is 11.8 Å². The van der Waals surface area contributed by atoms with Crippen molar-refractivity contribution < 1.29 is 34.2 Å². The number of H-pyrrole nitrogens is 1. The van der Waals surface area contributed by atoms with E-state index in [-0.39, 0.29) is 12.8 Å². The zero-order chi connectivity index (χ0) is 29.1. The van der Waals surface area contributed by atoms with E-state index in [9.17, 15) is 29.1 Å². The number of carbonyl (C=O) groups excluding carboxylic acids is 3. The molecule has 1 aromatic carbocycles. The molecule has 0 saturated heterocycles. The van der Waals surface area contributed by atoms with Gasteiger partial charge < -0.3 is 36.9 Å². The second-order valence-electron chi connectivity index (χ2n) is 9.57. The third-order valence-electron chi connectivity index (χ3n) is 6.21. The Labute approximate surface area is 230 Å². The molecule has 1 aromatic heterocycles. The number of para-hydroxylation sites is 1. The van der Waals surface area contributed by atoms with Crippen molar-refractivity contribution in [2.75, 3.05) is 12.0 Å². The summed E-state index contributed by atoms with van der Waals surface area (Å²) in [6.45, 7) is 3.34. The molecule has 12 nitrogen and oxygen atoms in total. The fraction of sp³-hybridized carbons (Fsp3) is 0.500. The number of thioether (sulfide) groups is 1. The molecule has 2 rings (SSSR count). The van der Waals surface area contributed by atoms with E-state index < -0.39 is 66.2 Å². The van der Waals surface area contributed by atoms with Gasteiger partial charge in [0.05, 0.1) is 6.04 Å². The average Bonchev–Trinajstić information content (AvgIpc) is 3.29. The minimum atomic E-state index is -1.27. The van der Waals surface area contributed by atoms with Crippen molar-refractivity contribution >= 4 is 52.3 Å². The number of carbonyl (C=O) groups is 5. The molecule has 1 heterocycles. The van der Waals surface area contributed by atoms with E-state index in [2.05, 4.69) is 20.9 Å². The van der Waals surface area contributed by atoms with Crippen LogP contribution in [-0.2, 0) is 30.4 Å². The summed E-state index contributed by atoms with van der Waals surface area (Å²) < 4.78 is 0. The molecule has 0 spiro atoms. The maximum absolute atomic E-state index is 13.2. The topological polar surface area (TPSA) is 204 Å². The summed E-state index contributed by atoms with van der Waals surface area (Å²) >= 11 is 1.50. The Bertz CT molecular complexity index is 1170. The Hall–Kier alpha value is -3.58. The van der Waals surface area contributed by atoms with Crippen LogP contribution in [0.5, 0.6) is 0 Å². The van der Waals surface area contributed by atoms with Crippen molar-refractivity contribution in [3.8, 4) is 0 Å². The highest BCUT2D eigenvalue weighted by molar-refractivity contribution is 7.98. The number of rotatable bonds is 16. The molecular weight excluding hydrogens is 526 g/mol. The summed E-state index contributed by atoms with van der Waals surface area (Å²) in [5.41, 5.74) is 7.42. The van der Waals surface area contributed by atoms with Gasteiger partial charge in [-0.2, -0.15) is 11.8 Å². The fourth-order valence-corrected chi connectivity index (χ4v) is 4.45. The second-order valence-corrected chi connectivity index (χ2v) is 10.6. The molecule has 4 unspecified atom stereocenters. The zero-order valence-electron chi connectivity index (χ0n) is 22.2. The smallest absolute Gasteiger partial charge is 0.326 e. The van der Waals surface area contributed by atoms with Gasteiger partial charge in [-0.15, -0.1) is 0 Å². The monoisotopic (exact) mass is 563 g/mol. The van der Waals surface area contributed by atoms with Crippen molar-refractivity contribution in [2.45, 2.75) is 63.7 Å². The predicted molar refractivity (Wildman–Crippen MR) is 148 cm³/mol. The Morgan fingerprint density at radius 2 is 1.62 bits per heavy atom. The molecule has 13 heteroatoms. The lowest BCUT2D eigenvalue weighted by atomic mass is 10.00. The Morgan fingerprint density at radius 1 is 0.949 bits per heavy atom. The average molecular weight is 564 g/mol. The summed E-state index contributed by atoms with van der Waals surface area (Å²) in [6.07, 6.45) is 3.31. The number of hydrogen-bond acceptors (Lipinski definition) is 7. The molecule has 0 aliphatic heterocycles. The third kappa shape index (κ3) is 9.59. The van der Waals surface area contributed by atoms with E-state index in [4.69, 9.17) is 10.8 Å². The number of fused-ring (bicyclic) bond motifs is 1. The minimum Gasteiger partial charge on any atom is -0.481 e. The molecule has 214 valence electrons. The zero-order valence-corrected chi connectivity index (χ0v) is 23.0. The number of aromatic amines is 1. The van der Waals surface area contributed by atoms with Gasteiger partial charge in [0.1, 0.15) is 18.1 Å². The molecule has 0 radical (unpaired) electrons. The first kappa shape index (κ1) is 31.6. The lowest BCUT2D eigenvalue weighted by molar-refractivity contribution is -0.142. The van der Waals surface area contributed by atoms with Crippen LogP contribution in [0.3, 0.4) is 0 Å². The van der Waals surface area contributed by atoms with Crippen LogP contribution >= 0.6 is 11.8 Å². The maximum Gasteiger partial charge on any atom is 0.326 e. The van der Waals surface area contributed by atoms with E-state index in [0.29, 0.717) is 17.7 Å². The molecule has 4 atom stereocenters. The standard InChI is InChI=1S/C26H37N5O7S/c1-14(2)22(31-24(35)19(8-9-21(32)33)29-23(34)17(27)10-11-39-3)25(36)30-20(26(37)38)12-15-13-28-18-7-5-4-6-16(15)18/h4-7,13-14,17,19-20,22,28H,8-12,27H2,1-3H3,(H,29,34)(H,30,36)(H,31,35)(H,32,33)(H,37,38). The van der Waals surface area contributed by atoms with Gasteiger partial charge >= 0.3 is 11.9 Å². The number of hydrogen-bond donors (Lipinski definition) is 7. The van der Waals surface area contributed by atoms with Gasteiger partial charge in [-0.3, -0.25) is 19.2 Å². The van der Waals surface area contributed by atoms with Crippen LogP contribution in [0, 0.1) is 5.92 Å². The molecule has 0 aliphatic rings. The number of nitrogens with two attached hydrogens (primary N) is 1. The molecule has 0 aliphatic carbocycles. The summed E-state index contributed by atoms with van der Waals surface area (Å²) in [6, 6.07) is 2.83. The van der Waals surface area contributed by atoms with Crippen LogP contribution < -0.4 is 21.7 Å². The fourth-order valence-electron chi connectivity index (χ4n) is 3.96. The lowest BCUT2D eigenvalue weighted by Gasteiger charge is -2.27. The SMILES string of the molecule is CSCCC(N)C(=O)NC(CCC(=O)O)C(=O)NC(C(=O)NC(Cc1c[nH]c2ccccc12)C(=O)O)C(C)C. The Balaban J connectivity index is 2.15. The Kier molecular flexibility index (Phi) is 12.3. The van der Waals surface area contributed by atoms with Gasteiger partial charge in [-0.25, -0.2) is 4.79 Å². The van der Waals surface area contributed by atoms with E-state index in [0.717, 1.165) is 10.9 Å². The highest BCUT2D eigenvalue weighted by Crippen LogP contribution is 2.19. The van der Waals surface area contributed by atoms with E-state index in [1.54, 1.807) is 20.0 Å². The summed E-state index contributed by atoms with van der Waals surface area (Å²) in [5.74, 6) is -4.31. The van der Waals surface area contributed by atoms with Gasteiger partial charge in [-0.05, 0) is 42.4 Å². The lowest BCUT2D eigenvalue weighted by Crippen LogP contribution is -2.58. The van der Waals surface area contributed by atoms with Gasteiger partial charge in [0, 0.05) is 29.9 Å². The molecular formula is C26H37N5O7S. The second kappa shape index (κ2) is 15.1. The Morgan fingerprint density at radius 3 is 2.23 bits per heavy atom. The molecule has 3 amide bonds. The van der Waals surface area contributed by atoms with Gasteiger partial charge in [-0.1, -0.05) is 32.0 Å². The van der Waals surface area contributed by atoms with Crippen LogP contribution in [0.15, 0.2) is 30.5 Å². The van der Waals surface area contributed by atoms with Gasteiger partial charge in [0.2, 0.25) is 17.7 Å². The quantitative estimate of drug-likeness (QED) is 0.154. The number of aliphatic carboxylic acids is 2. The molecule has 0 fully saturated rings. The van der Waals surface area contributed by atoms with Crippen molar-refractivity contribution in [3.05, 3.63) is 36.0 Å². The normalized spacial score (nSPS) is 14.3. The maximum atomic E-state index is 13.2. The van der Waals surface area contributed by atoms with Crippen molar-refractivity contribution in [1.29, 1.82) is 0 Å². The highest BCUT2D eigenvalue weighted by atomic mass is 32.2.